The van der Waals surface area contributed by atoms with Crippen LogP contribution in [0.4, 0.5) is 0 Å². The third-order valence-corrected chi connectivity index (χ3v) is 6.34. The summed E-state index contributed by atoms with van der Waals surface area (Å²) in [6, 6.07) is 23.4. The number of para-hydroxylation sites is 1. The average Bonchev–Trinajstić information content (AvgIpc) is 3.06. The smallest absolute Gasteiger partial charge is 0 e. The second-order valence-electron chi connectivity index (χ2n) is 9.17. The topological polar surface area (TPSA) is 34.4 Å². The van der Waals surface area contributed by atoms with Gasteiger partial charge in [-0.25, -0.2) is 0 Å². The molecular formula is C28H32BNO2. The Bertz CT molecular complexity index is 1330. The fraction of sp³-hybridized carbons (Fsp3) is 0.250. The first-order chi connectivity index (χ1) is 15.2. The van der Waals surface area contributed by atoms with Crippen molar-refractivity contribution in [1.82, 2.24) is 4.57 Å². The minimum atomic E-state index is -0.970. The molecule has 32 heavy (non-hydrogen) atoms. The summed E-state index contributed by atoms with van der Waals surface area (Å²) < 4.78 is 8.28. The van der Waals surface area contributed by atoms with E-state index in [0.29, 0.717) is 0 Å². The summed E-state index contributed by atoms with van der Waals surface area (Å²) in [5.74, 6) is 2.00. The van der Waals surface area contributed by atoms with Crippen molar-refractivity contribution in [2.75, 3.05) is 0 Å². The van der Waals surface area contributed by atoms with E-state index in [1.54, 1.807) is 21.0 Å². The molecule has 4 heteroatoms. The van der Waals surface area contributed by atoms with Gasteiger partial charge in [0.2, 0.25) is 0 Å². The van der Waals surface area contributed by atoms with Crippen molar-refractivity contribution in [3.63, 3.8) is 0 Å². The van der Waals surface area contributed by atoms with Crippen LogP contribution in [0.1, 0.15) is 47.3 Å². The van der Waals surface area contributed by atoms with Gasteiger partial charge in [-0.2, -0.15) is 0 Å². The number of hydrogen-bond donors (Lipinski definition) is 1. The number of aliphatic hydroxyl groups is 1. The Labute approximate surface area is 192 Å². The van der Waals surface area contributed by atoms with Gasteiger partial charge in [-0.15, -0.1) is 0 Å². The molecule has 4 rings (SSSR count). The zero-order valence-corrected chi connectivity index (χ0v) is 19.5. The van der Waals surface area contributed by atoms with Crippen LogP contribution < -0.4 is 0 Å². The molecule has 0 aliphatic heterocycles. The van der Waals surface area contributed by atoms with Crippen LogP contribution in [0, 0.1) is 0 Å². The van der Waals surface area contributed by atoms with Crippen molar-refractivity contribution in [3.05, 3.63) is 84.1 Å². The number of nitrogens with zero attached hydrogens (tertiary/aromatic N) is 1. The molecular weight excluding hydrogens is 393 g/mol. The van der Waals surface area contributed by atoms with E-state index in [0.717, 1.165) is 27.8 Å². The summed E-state index contributed by atoms with van der Waals surface area (Å²) in [5, 5.41) is 14.0. The number of rotatable bonds is 6. The standard InChI is InChI=1S/C28H30BNO2.H2/c1-6-11-25-24(19-29-32-28(4,5)27(2,3)31)23-14-9-10-15-26(23)30(25)22-17-16-20-12-7-8-13-21(20)18-22;/h6-19,31H,1-5H3;1H/b11-6-;. The fourth-order valence-corrected chi connectivity index (χ4v) is 3.79. The Balaban J connectivity index is 0.00000306. The molecule has 0 aliphatic carbocycles. The molecule has 3 aromatic carbocycles. The average molecular weight is 425 g/mol. The van der Waals surface area contributed by atoms with Crippen LogP contribution in [0.2, 0.25) is 0 Å². The molecule has 0 saturated heterocycles. The molecule has 3 nitrogen and oxygen atoms in total. The van der Waals surface area contributed by atoms with E-state index in [1.165, 1.54) is 10.8 Å². The van der Waals surface area contributed by atoms with E-state index in [9.17, 15) is 5.11 Å². The predicted octanol–water partition coefficient (Wildman–Crippen LogP) is 6.40. The molecule has 4 aromatic rings. The van der Waals surface area contributed by atoms with Gasteiger partial charge in [0.1, 0.15) is 0 Å². The molecule has 0 saturated carbocycles. The van der Waals surface area contributed by atoms with Gasteiger partial charge < -0.3 is 0 Å². The summed E-state index contributed by atoms with van der Waals surface area (Å²) in [6.45, 7) is 9.34. The minimum absolute atomic E-state index is 0. The van der Waals surface area contributed by atoms with Crippen molar-refractivity contribution < 1.29 is 11.2 Å². The summed E-state index contributed by atoms with van der Waals surface area (Å²) >= 11 is 0. The first kappa shape index (κ1) is 22.1. The molecule has 0 unspecified atom stereocenters. The van der Waals surface area contributed by atoms with Gasteiger partial charge >= 0.3 is 191 Å². The van der Waals surface area contributed by atoms with E-state index in [2.05, 4.69) is 83.4 Å². The number of fused-ring (bicyclic) bond motifs is 2. The van der Waals surface area contributed by atoms with Crippen LogP contribution in [-0.2, 0) is 4.65 Å². The van der Waals surface area contributed by atoms with Crippen LogP contribution in [0.25, 0.3) is 33.4 Å². The maximum atomic E-state index is 10.4. The van der Waals surface area contributed by atoms with Crippen LogP contribution in [0.5, 0.6) is 0 Å². The zero-order valence-electron chi connectivity index (χ0n) is 19.5. The van der Waals surface area contributed by atoms with Crippen molar-refractivity contribution in [3.8, 4) is 5.69 Å². The Morgan fingerprint density at radius 2 is 1.62 bits per heavy atom. The number of aromatic nitrogens is 1. The van der Waals surface area contributed by atoms with Gasteiger partial charge in [0.15, 0.2) is 0 Å². The van der Waals surface area contributed by atoms with Crippen molar-refractivity contribution in [1.29, 1.82) is 0 Å². The van der Waals surface area contributed by atoms with Crippen LogP contribution in [-0.4, -0.2) is 34.0 Å². The molecule has 1 N–H and O–H groups in total. The Morgan fingerprint density at radius 3 is 2.34 bits per heavy atom. The molecule has 0 aliphatic rings. The number of hydrogen-bond acceptors (Lipinski definition) is 2. The summed E-state index contributed by atoms with van der Waals surface area (Å²) in [6.07, 6.45) is 4.20. The number of allylic oxidation sites excluding steroid dienone is 1. The normalized spacial score (nSPS) is 12.8. The van der Waals surface area contributed by atoms with Crippen LogP contribution in [0.3, 0.4) is 0 Å². The first-order valence-corrected chi connectivity index (χ1v) is 11.0. The van der Waals surface area contributed by atoms with Gasteiger partial charge in [0.05, 0.1) is 0 Å². The van der Waals surface area contributed by atoms with Gasteiger partial charge in [-0.1, -0.05) is 0 Å². The predicted molar refractivity (Wildman–Crippen MR) is 140 cm³/mol. The van der Waals surface area contributed by atoms with Gasteiger partial charge in [-0.3, -0.25) is 0 Å². The monoisotopic (exact) mass is 425 g/mol. The SMILES string of the molecule is C/C=C\c1c(C=BOC(C)(C)C(C)(C)O)c2ccccc2n1-c1ccc2ccccc2c1.[HH]. The zero-order chi connectivity index (χ0) is 22.9. The molecule has 0 radical (unpaired) electrons. The summed E-state index contributed by atoms with van der Waals surface area (Å²) in [7, 11) is 1.71. The maximum absolute atomic E-state index is 10.4. The molecule has 0 atom stereocenters. The Hall–Kier alpha value is -3.11. The van der Waals surface area contributed by atoms with Crippen LogP contribution >= 0.6 is 0 Å². The first-order valence-electron chi connectivity index (χ1n) is 11.0. The van der Waals surface area contributed by atoms with E-state index < -0.39 is 11.2 Å². The van der Waals surface area contributed by atoms with Crippen LogP contribution in [0.15, 0.2) is 72.8 Å². The Morgan fingerprint density at radius 1 is 0.938 bits per heavy atom. The third kappa shape index (κ3) is 4.03. The second kappa shape index (κ2) is 8.44. The largest absolute Gasteiger partial charge is 0 e. The second-order valence-corrected chi connectivity index (χ2v) is 9.17. The number of benzene rings is 3. The van der Waals surface area contributed by atoms with E-state index in [1.807, 2.05) is 26.7 Å². The summed E-state index contributed by atoms with van der Waals surface area (Å²) in [4.78, 5) is 0. The minimum Gasteiger partial charge on any atom is 0 e. The molecule has 1 aromatic heterocycles. The van der Waals surface area contributed by atoms with Crippen molar-refractivity contribution in [2.24, 2.45) is 0 Å². The van der Waals surface area contributed by atoms with E-state index >= 15 is 0 Å². The fourth-order valence-electron chi connectivity index (χ4n) is 3.79. The van der Waals surface area contributed by atoms with Gasteiger partial charge in [0, 0.05) is 1.43 Å². The molecule has 0 bridgehead atoms. The van der Waals surface area contributed by atoms with Crippen molar-refractivity contribution in [2.45, 2.75) is 45.8 Å². The summed E-state index contributed by atoms with van der Waals surface area (Å²) in [5.41, 5.74) is 2.73. The molecule has 164 valence electrons. The van der Waals surface area contributed by atoms with Gasteiger partial charge in [-0.05, 0) is 0 Å². The van der Waals surface area contributed by atoms with Crippen molar-refractivity contribution >= 4 is 40.8 Å². The van der Waals surface area contributed by atoms with Gasteiger partial charge in [0.25, 0.3) is 0 Å². The molecule has 0 fully saturated rings. The quantitative estimate of drug-likeness (QED) is 0.363. The molecule has 0 amide bonds. The van der Waals surface area contributed by atoms with E-state index in [4.69, 9.17) is 4.65 Å². The molecule has 1 heterocycles. The Kier molecular flexibility index (Phi) is 5.83. The third-order valence-electron chi connectivity index (χ3n) is 6.34. The molecule has 0 spiro atoms. The van der Waals surface area contributed by atoms with E-state index in [-0.39, 0.29) is 1.43 Å². The maximum Gasteiger partial charge on any atom is 0 e.